The maximum absolute atomic E-state index is 13.5. The standard InChI is InChI=1S/C60H109N2O7P/c1-7-10-13-16-19-22-25-28-30-31-32-34-37-40-43-46-49-52-59(63)61-57(56-68-70(65,66)67-55-54-62(4,5)6)58(51-48-45-42-39-36-33-27-24-21-18-15-12-9-3)69-60(64)53-50-47-44-41-38-35-29-26-23-20-17-14-11-8-2/h19,22,28,30,32,34-35,38,40,43,48,51,57-58H,7-18,20-21,23-27,29,31,33,36-37,39,41-42,44-47,49-50,52-56H2,1-6H3,(H-,61,63,65,66)/b22-19-,30-28-,34-32-,38-35-,43-40-,51-48+. The molecule has 10 heteroatoms. The molecule has 9 nitrogen and oxygen atoms in total. The van der Waals surface area contributed by atoms with Crippen molar-refractivity contribution in [1.29, 1.82) is 0 Å². The van der Waals surface area contributed by atoms with E-state index in [2.05, 4.69) is 86.8 Å². The summed E-state index contributed by atoms with van der Waals surface area (Å²) in [4.78, 5) is 39.8. The number of likely N-dealkylation sites (N-methyl/N-ethyl adjacent to an activating group) is 1. The van der Waals surface area contributed by atoms with Crippen molar-refractivity contribution in [2.45, 2.75) is 258 Å². The van der Waals surface area contributed by atoms with Gasteiger partial charge in [-0.15, -0.1) is 0 Å². The highest BCUT2D eigenvalue weighted by Gasteiger charge is 2.27. The molecule has 0 aliphatic rings. The Morgan fingerprint density at radius 1 is 0.500 bits per heavy atom. The molecular weight excluding hydrogens is 892 g/mol. The molecule has 1 amide bonds. The average molecular weight is 1000 g/mol. The van der Waals surface area contributed by atoms with Crippen molar-refractivity contribution >= 4 is 19.7 Å². The summed E-state index contributed by atoms with van der Waals surface area (Å²) < 4.78 is 30.2. The van der Waals surface area contributed by atoms with E-state index in [1.54, 1.807) is 0 Å². The SMILES string of the molecule is CCCCC/C=C\C/C=C\C/C=C\C/C=C\CCCC(=O)NC(COP(=O)([O-])OCC[N+](C)(C)C)C(/C=C/CCCCCCCCCCCCC)OC(=O)CCCCC/C=C\CCCCCCCCC. The number of carbonyl (C=O) groups is 2. The molecule has 0 heterocycles. The number of esters is 1. The van der Waals surface area contributed by atoms with Crippen LogP contribution in [0.3, 0.4) is 0 Å². The zero-order chi connectivity index (χ0) is 51.5. The van der Waals surface area contributed by atoms with Crippen LogP contribution in [-0.4, -0.2) is 69.4 Å². The predicted octanol–water partition coefficient (Wildman–Crippen LogP) is 16.6. The van der Waals surface area contributed by atoms with Gasteiger partial charge in [0.2, 0.25) is 5.91 Å². The first-order chi connectivity index (χ1) is 33.9. The lowest BCUT2D eigenvalue weighted by molar-refractivity contribution is -0.870. The number of nitrogens with zero attached hydrogens (tertiary/aromatic N) is 1. The lowest BCUT2D eigenvalue weighted by Gasteiger charge is -2.30. The Labute approximate surface area is 432 Å². The van der Waals surface area contributed by atoms with Crippen molar-refractivity contribution in [2.75, 3.05) is 40.9 Å². The van der Waals surface area contributed by atoms with Crippen LogP contribution in [0.2, 0.25) is 0 Å². The lowest BCUT2D eigenvalue weighted by Crippen LogP contribution is -2.47. The fourth-order valence-electron chi connectivity index (χ4n) is 7.86. The zero-order valence-electron chi connectivity index (χ0n) is 46.2. The number of phosphoric acid groups is 1. The van der Waals surface area contributed by atoms with E-state index in [0.29, 0.717) is 23.9 Å². The highest BCUT2D eigenvalue weighted by Crippen LogP contribution is 2.38. The molecule has 0 aromatic heterocycles. The summed E-state index contributed by atoms with van der Waals surface area (Å²) in [5.41, 5.74) is 0. The summed E-state index contributed by atoms with van der Waals surface area (Å²) in [5.74, 6) is -0.626. The van der Waals surface area contributed by atoms with E-state index >= 15 is 0 Å². The summed E-state index contributed by atoms with van der Waals surface area (Å²) >= 11 is 0. The van der Waals surface area contributed by atoms with Crippen LogP contribution in [0.15, 0.2) is 72.9 Å². The number of allylic oxidation sites excluding steroid dienone is 11. The lowest BCUT2D eigenvalue weighted by atomic mass is 10.0. The quantitative estimate of drug-likeness (QED) is 0.0212. The van der Waals surface area contributed by atoms with Crippen LogP contribution in [0.5, 0.6) is 0 Å². The van der Waals surface area contributed by atoms with E-state index < -0.39 is 26.6 Å². The van der Waals surface area contributed by atoms with E-state index in [0.717, 1.165) is 70.6 Å². The van der Waals surface area contributed by atoms with Crippen LogP contribution in [0.25, 0.3) is 0 Å². The van der Waals surface area contributed by atoms with Crippen LogP contribution in [0.4, 0.5) is 0 Å². The molecule has 1 N–H and O–H groups in total. The Kier molecular flexibility index (Phi) is 48.2. The van der Waals surface area contributed by atoms with Gasteiger partial charge in [-0.05, 0) is 96.0 Å². The van der Waals surface area contributed by atoms with E-state index in [1.165, 1.54) is 128 Å². The van der Waals surface area contributed by atoms with Crippen molar-refractivity contribution in [3.8, 4) is 0 Å². The smallest absolute Gasteiger partial charge is 0.306 e. The Balaban J connectivity index is 5.50. The van der Waals surface area contributed by atoms with Crippen LogP contribution in [-0.2, 0) is 27.9 Å². The van der Waals surface area contributed by atoms with E-state index in [1.807, 2.05) is 33.3 Å². The van der Waals surface area contributed by atoms with Gasteiger partial charge in [0.1, 0.15) is 19.3 Å². The van der Waals surface area contributed by atoms with Crippen molar-refractivity contribution in [1.82, 2.24) is 5.32 Å². The number of phosphoric ester groups is 1. The molecular formula is C60H109N2O7P. The second kappa shape index (κ2) is 50.0. The topological polar surface area (TPSA) is 114 Å². The van der Waals surface area contributed by atoms with Gasteiger partial charge in [0, 0.05) is 12.8 Å². The largest absolute Gasteiger partial charge is 0.756 e. The zero-order valence-corrected chi connectivity index (χ0v) is 47.1. The van der Waals surface area contributed by atoms with Crippen LogP contribution in [0.1, 0.15) is 245 Å². The number of ether oxygens (including phenoxy) is 1. The van der Waals surface area contributed by atoms with E-state index in [9.17, 15) is 19.0 Å². The summed E-state index contributed by atoms with van der Waals surface area (Å²) in [6.07, 6.45) is 63.0. The summed E-state index contributed by atoms with van der Waals surface area (Å²) in [7, 11) is 1.14. The van der Waals surface area contributed by atoms with Gasteiger partial charge in [0.15, 0.2) is 0 Å². The van der Waals surface area contributed by atoms with Crippen molar-refractivity contribution in [2.24, 2.45) is 0 Å². The number of nitrogens with one attached hydrogen (secondary N) is 1. The number of quaternary nitrogens is 1. The number of rotatable bonds is 51. The van der Waals surface area contributed by atoms with Gasteiger partial charge in [-0.25, -0.2) is 0 Å². The van der Waals surface area contributed by atoms with Crippen LogP contribution < -0.4 is 10.2 Å². The Morgan fingerprint density at radius 3 is 1.37 bits per heavy atom. The minimum Gasteiger partial charge on any atom is -0.756 e. The summed E-state index contributed by atoms with van der Waals surface area (Å²) in [5, 5.41) is 2.98. The first-order valence-corrected chi connectivity index (χ1v) is 30.2. The fraction of sp³-hybridized carbons (Fsp3) is 0.767. The molecule has 0 bridgehead atoms. The summed E-state index contributed by atoms with van der Waals surface area (Å²) in [6, 6.07) is -0.924. The third kappa shape index (κ3) is 50.4. The molecule has 406 valence electrons. The van der Waals surface area contributed by atoms with Gasteiger partial charge in [0.25, 0.3) is 7.82 Å². The summed E-state index contributed by atoms with van der Waals surface area (Å²) in [6.45, 7) is 6.75. The maximum Gasteiger partial charge on any atom is 0.306 e. The minimum absolute atomic E-state index is 0.0367. The van der Waals surface area contributed by atoms with Crippen LogP contribution in [0, 0.1) is 0 Å². The number of unbranched alkanes of at least 4 members (excludes halogenated alkanes) is 25. The van der Waals surface area contributed by atoms with E-state index in [4.69, 9.17) is 13.8 Å². The molecule has 0 aromatic rings. The Hall–Kier alpha value is -2.55. The Morgan fingerprint density at radius 2 is 0.886 bits per heavy atom. The number of hydrogen-bond acceptors (Lipinski definition) is 7. The highest BCUT2D eigenvalue weighted by atomic mass is 31.2. The monoisotopic (exact) mass is 1000 g/mol. The van der Waals surface area contributed by atoms with Gasteiger partial charge in [-0.2, -0.15) is 0 Å². The van der Waals surface area contributed by atoms with Crippen molar-refractivity contribution in [3.05, 3.63) is 72.9 Å². The molecule has 0 radical (unpaired) electrons. The molecule has 0 rings (SSSR count). The second-order valence-corrected chi connectivity index (χ2v) is 21.8. The molecule has 70 heavy (non-hydrogen) atoms. The predicted molar refractivity (Wildman–Crippen MR) is 298 cm³/mol. The maximum atomic E-state index is 13.5. The third-order valence-electron chi connectivity index (χ3n) is 12.4. The van der Waals surface area contributed by atoms with Gasteiger partial charge >= 0.3 is 5.97 Å². The normalized spacial score (nSPS) is 14.3. The molecule has 0 saturated carbocycles. The third-order valence-corrected chi connectivity index (χ3v) is 13.3. The van der Waals surface area contributed by atoms with Gasteiger partial charge in [-0.3, -0.25) is 14.2 Å². The molecule has 3 atom stereocenters. The van der Waals surface area contributed by atoms with Crippen LogP contribution >= 0.6 is 7.82 Å². The fourth-order valence-corrected chi connectivity index (χ4v) is 8.58. The first kappa shape index (κ1) is 67.5. The number of carbonyl (C=O) groups excluding carboxylic acids is 2. The molecule has 0 saturated heterocycles. The molecule has 0 fully saturated rings. The average Bonchev–Trinajstić information content (AvgIpc) is 3.32. The van der Waals surface area contributed by atoms with Gasteiger partial charge < -0.3 is 28.5 Å². The number of hydrogen-bond donors (Lipinski definition) is 1. The first-order valence-electron chi connectivity index (χ1n) is 28.7. The second-order valence-electron chi connectivity index (χ2n) is 20.4. The molecule has 3 unspecified atom stereocenters. The van der Waals surface area contributed by atoms with Gasteiger partial charge in [-0.1, -0.05) is 210 Å². The van der Waals surface area contributed by atoms with Gasteiger partial charge in [0.05, 0.1) is 33.8 Å². The Bertz CT molecular complexity index is 1430. The molecule has 0 aliphatic heterocycles. The molecule has 0 aliphatic carbocycles. The minimum atomic E-state index is -4.71. The molecule has 0 aromatic carbocycles. The molecule has 0 spiro atoms. The van der Waals surface area contributed by atoms with Crippen molar-refractivity contribution < 1.29 is 37.3 Å². The van der Waals surface area contributed by atoms with E-state index in [-0.39, 0.29) is 31.3 Å². The van der Waals surface area contributed by atoms with Crippen molar-refractivity contribution in [3.63, 3.8) is 0 Å². The highest BCUT2D eigenvalue weighted by molar-refractivity contribution is 7.45. The number of amides is 1.